The minimum Gasteiger partial charge on any atom is -0.486 e. The number of benzene rings is 1. The topological polar surface area (TPSA) is 60.3 Å². The summed E-state index contributed by atoms with van der Waals surface area (Å²) in [6.07, 6.45) is 3.39. The minimum absolute atomic E-state index is 0.171. The van der Waals surface area contributed by atoms with E-state index in [1.54, 1.807) is 12.1 Å². The van der Waals surface area contributed by atoms with Gasteiger partial charge in [-0.15, -0.1) is 10.2 Å². The van der Waals surface area contributed by atoms with Gasteiger partial charge in [0, 0.05) is 24.7 Å². The standard InChI is InChI=1S/C18H23ClN4O2S/c1-13-5-3-4-10-23(13)17(24)12-26-18-21-20-16(22(18)2)11-25-15-8-6-14(19)7-9-15/h6-9,13H,3-5,10-12H2,1-2H3. The Labute approximate surface area is 162 Å². The fourth-order valence-electron chi connectivity index (χ4n) is 2.95. The molecular weight excluding hydrogens is 372 g/mol. The van der Waals surface area contributed by atoms with Crippen LogP contribution in [0.4, 0.5) is 0 Å². The molecule has 1 atom stereocenters. The largest absolute Gasteiger partial charge is 0.486 e. The predicted octanol–water partition coefficient (Wildman–Crippen LogP) is 3.54. The van der Waals surface area contributed by atoms with Gasteiger partial charge >= 0.3 is 0 Å². The molecule has 3 rings (SSSR count). The van der Waals surface area contributed by atoms with Gasteiger partial charge in [0.2, 0.25) is 5.91 Å². The lowest BCUT2D eigenvalue weighted by atomic mass is 10.0. The highest BCUT2D eigenvalue weighted by molar-refractivity contribution is 7.99. The van der Waals surface area contributed by atoms with Crippen LogP contribution in [-0.2, 0) is 18.4 Å². The first-order valence-corrected chi connectivity index (χ1v) is 10.1. The third-order valence-corrected chi connectivity index (χ3v) is 5.81. The molecule has 0 spiro atoms. The number of carbonyl (C=O) groups excluding carboxylic acids is 1. The van der Waals surface area contributed by atoms with E-state index in [9.17, 15) is 4.79 Å². The van der Waals surface area contributed by atoms with Gasteiger partial charge in [-0.1, -0.05) is 23.4 Å². The second-order valence-corrected chi connectivity index (χ2v) is 7.80. The number of likely N-dealkylation sites (tertiary alicyclic amines) is 1. The molecule has 26 heavy (non-hydrogen) atoms. The number of carbonyl (C=O) groups is 1. The van der Waals surface area contributed by atoms with Gasteiger partial charge in [0.05, 0.1) is 5.75 Å². The number of thioether (sulfide) groups is 1. The van der Waals surface area contributed by atoms with E-state index in [4.69, 9.17) is 16.3 Å². The summed E-state index contributed by atoms with van der Waals surface area (Å²) >= 11 is 7.29. The average molecular weight is 395 g/mol. The fraction of sp³-hybridized carbons (Fsp3) is 0.500. The summed E-state index contributed by atoms with van der Waals surface area (Å²) in [5.74, 6) is 1.99. The Hall–Kier alpha value is -1.73. The van der Waals surface area contributed by atoms with E-state index in [2.05, 4.69) is 17.1 Å². The molecule has 1 unspecified atom stereocenters. The number of rotatable bonds is 6. The molecule has 8 heteroatoms. The van der Waals surface area contributed by atoms with Crippen molar-refractivity contribution < 1.29 is 9.53 Å². The van der Waals surface area contributed by atoms with Crippen LogP contribution in [0.3, 0.4) is 0 Å². The Bertz CT molecular complexity index is 750. The SMILES string of the molecule is CC1CCCCN1C(=O)CSc1nnc(COc2ccc(Cl)cc2)n1C. The van der Waals surface area contributed by atoms with Crippen molar-refractivity contribution in [2.45, 2.75) is 44.0 Å². The molecule has 1 aliphatic rings. The van der Waals surface area contributed by atoms with Gasteiger partial charge < -0.3 is 14.2 Å². The molecule has 1 saturated heterocycles. The molecule has 0 saturated carbocycles. The summed E-state index contributed by atoms with van der Waals surface area (Å²) in [4.78, 5) is 14.4. The molecule has 1 fully saturated rings. The van der Waals surface area contributed by atoms with Crippen LogP contribution in [0.2, 0.25) is 5.02 Å². The molecule has 6 nitrogen and oxygen atoms in total. The third kappa shape index (κ3) is 4.71. The van der Waals surface area contributed by atoms with Gasteiger partial charge in [0.1, 0.15) is 12.4 Å². The number of halogens is 1. The number of amides is 1. The lowest BCUT2D eigenvalue weighted by Gasteiger charge is -2.33. The first-order chi connectivity index (χ1) is 12.5. The monoisotopic (exact) mass is 394 g/mol. The van der Waals surface area contributed by atoms with Gasteiger partial charge in [-0.25, -0.2) is 0 Å². The number of hydrogen-bond donors (Lipinski definition) is 0. The van der Waals surface area contributed by atoms with Crippen LogP contribution in [0.15, 0.2) is 29.4 Å². The van der Waals surface area contributed by atoms with Crippen LogP contribution in [-0.4, -0.2) is 43.9 Å². The molecule has 0 N–H and O–H groups in total. The van der Waals surface area contributed by atoms with Crippen molar-refractivity contribution in [3.63, 3.8) is 0 Å². The molecule has 0 radical (unpaired) electrons. The van der Waals surface area contributed by atoms with Gasteiger partial charge in [0.25, 0.3) is 0 Å². The minimum atomic E-state index is 0.171. The van der Waals surface area contributed by atoms with Crippen LogP contribution in [0.1, 0.15) is 32.0 Å². The number of aromatic nitrogens is 3. The van der Waals surface area contributed by atoms with Gasteiger partial charge in [-0.2, -0.15) is 0 Å². The number of hydrogen-bond acceptors (Lipinski definition) is 5. The third-order valence-electron chi connectivity index (χ3n) is 4.55. The quantitative estimate of drug-likeness (QED) is 0.701. The molecule has 0 bridgehead atoms. The number of ether oxygens (including phenoxy) is 1. The van der Waals surface area contributed by atoms with Crippen LogP contribution in [0.25, 0.3) is 0 Å². The van der Waals surface area contributed by atoms with Crippen molar-refractivity contribution in [2.75, 3.05) is 12.3 Å². The molecule has 1 aromatic heterocycles. The smallest absolute Gasteiger partial charge is 0.233 e. The van der Waals surface area contributed by atoms with E-state index in [0.717, 1.165) is 30.3 Å². The van der Waals surface area contributed by atoms with E-state index in [-0.39, 0.29) is 5.91 Å². The molecule has 0 aliphatic carbocycles. The van der Waals surface area contributed by atoms with Crippen molar-refractivity contribution in [2.24, 2.45) is 7.05 Å². The first-order valence-electron chi connectivity index (χ1n) is 8.73. The summed E-state index contributed by atoms with van der Waals surface area (Å²) in [6.45, 7) is 3.29. The summed E-state index contributed by atoms with van der Waals surface area (Å²) in [5.41, 5.74) is 0. The second-order valence-electron chi connectivity index (χ2n) is 6.42. The highest BCUT2D eigenvalue weighted by atomic mass is 35.5. The van der Waals surface area contributed by atoms with E-state index in [1.165, 1.54) is 18.2 Å². The average Bonchev–Trinajstić information content (AvgIpc) is 2.99. The molecule has 1 aliphatic heterocycles. The zero-order valence-electron chi connectivity index (χ0n) is 15.0. The second kappa shape index (κ2) is 8.77. The summed E-state index contributed by atoms with van der Waals surface area (Å²) in [7, 11) is 1.89. The van der Waals surface area contributed by atoms with E-state index in [1.807, 2.05) is 28.6 Å². The van der Waals surface area contributed by atoms with Crippen LogP contribution >= 0.6 is 23.4 Å². The van der Waals surface area contributed by atoms with Gasteiger partial charge in [-0.05, 0) is 50.5 Å². The fourth-order valence-corrected chi connectivity index (χ4v) is 3.89. The van der Waals surface area contributed by atoms with Gasteiger partial charge in [-0.3, -0.25) is 4.79 Å². The van der Waals surface area contributed by atoms with Crippen molar-refractivity contribution in [3.05, 3.63) is 35.1 Å². The predicted molar refractivity (Wildman–Crippen MR) is 103 cm³/mol. The van der Waals surface area contributed by atoms with E-state index in [0.29, 0.717) is 29.2 Å². The van der Waals surface area contributed by atoms with Crippen LogP contribution in [0, 0.1) is 0 Å². The van der Waals surface area contributed by atoms with Gasteiger partial charge in [0.15, 0.2) is 11.0 Å². The lowest BCUT2D eigenvalue weighted by Crippen LogP contribution is -2.42. The Balaban J connectivity index is 1.53. The highest BCUT2D eigenvalue weighted by Crippen LogP contribution is 2.21. The summed E-state index contributed by atoms with van der Waals surface area (Å²) in [6, 6.07) is 7.52. The molecule has 2 heterocycles. The van der Waals surface area contributed by atoms with Crippen molar-refractivity contribution in [1.29, 1.82) is 0 Å². The Morgan fingerprint density at radius 2 is 2.08 bits per heavy atom. The Kier molecular flexibility index (Phi) is 6.43. The zero-order valence-corrected chi connectivity index (χ0v) is 16.6. The van der Waals surface area contributed by atoms with Crippen molar-refractivity contribution >= 4 is 29.3 Å². The van der Waals surface area contributed by atoms with Crippen molar-refractivity contribution in [3.8, 4) is 5.75 Å². The first kappa shape index (κ1) is 19.0. The lowest BCUT2D eigenvalue weighted by molar-refractivity contribution is -0.131. The summed E-state index contributed by atoms with van der Waals surface area (Å²) < 4.78 is 7.58. The number of piperidine rings is 1. The molecule has 140 valence electrons. The van der Waals surface area contributed by atoms with E-state index < -0.39 is 0 Å². The highest BCUT2D eigenvalue weighted by Gasteiger charge is 2.23. The molecule has 2 aromatic rings. The maximum atomic E-state index is 12.5. The van der Waals surface area contributed by atoms with Crippen LogP contribution < -0.4 is 4.74 Å². The molecule has 1 amide bonds. The normalized spacial score (nSPS) is 17.3. The summed E-state index contributed by atoms with van der Waals surface area (Å²) in [5, 5.41) is 9.74. The van der Waals surface area contributed by atoms with Crippen LogP contribution in [0.5, 0.6) is 5.75 Å². The Morgan fingerprint density at radius 3 is 2.81 bits per heavy atom. The molecular formula is C18H23ClN4O2S. The maximum absolute atomic E-state index is 12.5. The van der Waals surface area contributed by atoms with E-state index >= 15 is 0 Å². The Morgan fingerprint density at radius 1 is 1.31 bits per heavy atom. The van der Waals surface area contributed by atoms with Crippen molar-refractivity contribution in [1.82, 2.24) is 19.7 Å². The zero-order chi connectivity index (χ0) is 18.5. The maximum Gasteiger partial charge on any atom is 0.233 e. The molecule has 1 aromatic carbocycles. The number of nitrogens with zero attached hydrogens (tertiary/aromatic N) is 4.